The number of benzene rings is 1. The Morgan fingerprint density at radius 3 is 2.42 bits per heavy atom. The van der Waals surface area contributed by atoms with Crippen LogP contribution in [0.3, 0.4) is 0 Å². The fourth-order valence-electron chi connectivity index (χ4n) is 2.22. The maximum absolute atomic E-state index is 13.0. The molecule has 0 heterocycles. The Labute approximate surface area is 117 Å². The van der Waals surface area contributed by atoms with Gasteiger partial charge in [0.1, 0.15) is 5.82 Å². The Balaban J connectivity index is 2.50. The molecule has 1 aromatic rings. The van der Waals surface area contributed by atoms with Crippen molar-refractivity contribution in [2.24, 2.45) is 0 Å². The quantitative estimate of drug-likeness (QED) is 0.734. The first-order valence-electron chi connectivity index (χ1n) is 7.34. The van der Waals surface area contributed by atoms with Gasteiger partial charge in [-0.15, -0.1) is 0 Å². The Morgan fingerprint density at radius 1 is 1.16 bits per heavy atom. The minimum atomic E-state index is -0.168. The van der Waals surface area contributed by atoms with Crippen LogP contribution in [0.15, 0.2) is 24.3 Å². The van der Waals surface area contributed by atoms with Crippen LogP contribution < -0.4 is 5.32 Å². The molecule has 0 aliphatic carbocycles. The average Bonchev–Trinajstić information content (AvgIpc) is 2.42. The van der Waals surface area contributed by atoms with E-state index >= 15 is 0 Å². The summed E-state index contributed by atoms with van der Waals surface area (Å²) in [6.07, 6.45) is 3.54. The predicted molar refractivity (Wildman–Crippen MR) is 79.8 cm³/mol. The molecule has 1 N–H and O–H groups in total. The summed E-state index contributed by atoms with van der Waals surface area (Å²) in [5.41, 5.74) is 1.17. The van der Waals surface area contributed by atoms with Crippen LogP contribution in [0.1, 0.15) is 44.7 Å². The van der Waals surface area contributed by atoms with Gasteiger partial charge in [0.2, 0.25) is 0 Å². The third-order valence-corrected chi connectivity index (χ3v) is 3.42. The van der Waals surface area contributed by atoms with Crippen LogP contribution in [0.4, 0.5) is 4.39 Å². The molecule has 0 aliphatic heterocycles. The van der Waals surface area contributed by atoms with Crippen molar-refractivity contribution < 1.29 is 4.39 Å². The van der Waals surface area contributed by atoms with Crippen molar-refractivity contribution in [3.05, 3.63) is 35.6 Å². The van der Waals surface area contributed by atoms with Gasteiger partial charge >= 0.3 is 0 Å². The summed E-state index contributed by atoms with van der Waals surface area (Å²) in [6, 6.07) is 7.17. The third kappa shape index (κ3) is 6.17. The second-order valence-corrected chi connectivity index (χ2v) is 5.11. The molecule has 3 heteroatoms. The molecular formula is C16H27FN2. The van der Waals surface area contributed by atoms with Crippen LogP contribution in [0.5, 0.6) is 0 Å². The lowest BCUT2D eigenvalue weighted by atomic mass is 10.0. The van der Waals surface area contributed by atoms with Crippen molar-refractivity contribution in [2.75, 3.05) is 26.7 Å². The molecule has 0 aromatic heterocycles. The number of hydrogen-bond donors (Lipinski definition) is 1. The van der Waals surface area contributed by atoms with E-state index in [2.05, 4.69) is 31.1 Å². The van der Waals surface area contributed by atoms with E-state index in [1.165, 1.54) is 18.4 Å². The highest BCUT2D eigenvalue weighted by atomic mass is 19.1. The van der Waals surface area contributed by atoms with E-state index in [0.717, 1.165) is 26.1 Å². The molecule has 19 heavy (non-hydrogen) atoms. The fourth-order valence-corrected chi connectivity index (χ4v) is 2.22. The van der Waals surface area contributed by atoms with Crippen molar-refractivity contribution in [1.82, 2.24) is 10.2 Å². The second kappa shape index (κ2) is 9.05. The van der Waals surface area contributed by atoms with E-state index in [-0.39, 0.29) is 5.82 Å². The molecule has 1 aromatic carbocycles. The first-order valence-corrected chi connectivity index (χ1v) is 7.34. The summed E-state index contributed by atoms with van der Waals surface area (Å²) in [5, 5.41) is 3.48. The van der Waals surface area contributed by atoms with Crippen LogP contribution in [0.25, 0.3) is 0 Å². The Kier molecular flexibility index (Phi) is 7.68. The summed E-state index contributed by atoms with van der Waals surface area (Å²) in [5.74, 6) is -0.168. The second-order valence-electron chi connectivity index (χ2n) is 5.11. The van der Waals surface area contributed by atoms with Crippen LogP contribution in [-0.4, -0.2) is 31.6 Å². The molecule has 108 valence electrons. The summed E-state index contributed by atoms with van der Waals surface area (Å²) < 4.78 is 13.0. The third-order valence-electron chi connectivity index (χ3n) is 3.42. The van der Waals surface area contributed by atoms with Gasteiger partial charge in [-0.05, 0) is 57.2 Å². The SMILES string of the molecule is CCCCN(C)CCC(NCC)c1ccc(F)cc1. The molecule has 0 saturated carbocycles. The molecule has 0 saturated heterocycles. The molecule has 0 bridgehead atoms. The predicted octanol–water partition coefficient (Wildman–Crippen LogP) is 3.60. The molecule has 1 rings (SSSR count). The minimum absolute atomic E-state index is 0.168. The topological polar surface area (TPSA) is 15.3 Å². The Morgan fingerprint density at radius 2 is 1.84 bits per heavy atom. The molecule has 0 aliphatic rings. The molecule has 0 fully saturated rings. The highest BCUT2D eigenvalue weighted by molar-refractivity contribution is 5.19. The van der Waals surface area contributed by atoms with Crippen LogP contribution in [0.2, 0.25) is 0 Å². The maximum atomic E-state index is 13.0. The molecule has 0 spiro atoms. The summed E-state index contributed by atoms with van der Waals surface area (Å²) in [6.45, 7) is 7.47. The lowest BCUT2D eigenvalue weighted by molar-refractivity contribution is 0.303. The first-order chi connectivity index (χ1) is 9.17. The van der Waals surface area contributed by atoms with E-state index in [4.69, 9.17) is 0 Å². The van der Waals surface area contributed by atoms with Crippen molar-refractivity contribution in [1.29, 1.82) is 0 Å². The molecular weight excluding hydrogens is 239 g/mol. The van der Waals surface area contributed by atoms with Crippen molar-refractivity contribution in [3.8, 4) is 0 Å². The zero-order chi connectivity index (χ0) is 14.1. The Hall–Kier alpha value is -0.930. The fraction of sp³-hybridized carbons (Fsp3) is 0.625. The van der Waals surface area contributed by atoms with Gasteiger partial charge in [-0.25, -0.2) is 4.39 Å². The van der Waals surface area contributed by atoms with Crippen LogP contribution in [0, 0.1) is 5.82 Å². The normalized spacial score (nSPS) is 12.9. The standard InChI is InChI=1S/C16H27FN2/c1-4-6-12-19(3)13-11-16(18-5-2)14-7-9-15(17)10-8-14/h7-10,16,18H,4-6,11-13H2,1-3H3. The van der Waals surface area contributed by atoms with Gasteiger partial charge in [-0.1, -0.05) is 32.4 Å². The lowest BCUT2D eigenvalue weighted by Crippen LogP contribution is -2.27. The van der Waals surface area contributed by atoms with Gasteiger partial charge in [-0.3, -0.25) is 0 Å². The van der Waals surface area contributed by atoms with Gasteiger partial charge in [0.15, 0.2) is 0 Å². The average molecular weight is 266 g/mol. The summed E-state index contributed by atoms with van der Waals surface area (Å²) in [4.78, 5) is 2.37. The number of nitrogens with one attached hydrogen (secondary N) is 1. The number of nitrogens with zero attached hydrogens (tertiary/aromatic N) is 1. The highest BCUT2D eigenvalue weighted by Gasteiger charge is 2.11. The molecule has 2 nitrogen and oxygen atoms in total. The summed E-state index contributed by atoms with van der Waals surface area (Å²) in [7, 11) is 2.17. The molecule has 0 radical (unpaired) electrons. The van der Waals surface area contributed by atoms with Gasteiger partial charge in [0, 0.05) is 6.04 Å². The van der Waals surface area contributed by atoms with Crippen molar-refractivity contribution in [3.63, 3.8) is 0 Å². The monoisotopic (exact) mass is 266 g/mol. The van der Waals surface area contributed by atoms with Gasteiger partial charge in [-0.2, -0.15) is 0 Å². The number of halogens is 1. The van der Waals surface area contributed by atoms with E-state index in [1.807, 2.05) is 12.1 Å². The zero-order valence-corrected chi connectivity index (χ0v) is 12.5. The van der Waals surface area contributed by atoms with Crippen LogP contribution in [-0.2, 0) is 0 Å². The van der Waals surface area contributed by atoms with Gasteiger partial charge < -0.3 is 10.2 Å². The number of hydrogen-bond acceptors (Lipinski definition) is 2. The maximum Gasteiger partial charge on any atom is 0.123 e. The summed E-state index contributed by atoms with van der Waals surface area (Å²) >= 11 is 0. The largest absolute Gasteiger partial charge is 0.310 e. The van der Waals surface area contributed by atoms with Gasteiger partial charge in [0.25, 0.3) is 0 Å². The minimum Gasteiger partial charge on any atom is -0.310 e. The van der Waals surface area contributed by atoms with E-state index in [0.29, 0.717) is 6.04 Å². The zero-order valence-electron chi connectivity index (χ0n) is 12.5. The van der Waals surface area contributed by atoms with Crippen molar-refractivity contribution >= 4 is 0 Å². The van der Waals surface area contributed by atoms with E-state index in [1.54, 1.807) is 12.1 Å². The van der Waals surface area contributed by atoms with Gasteiger partial charge in [0.05, 0.1) is 0 Å². The first kappa shape index (κ1) is 16.1. The van der Waals surface area contributed by atoms with Crippen LogP contribution >= 0.6 is 0 Å². The van der Waals surface area contributed by atoms with E-state index in [9.17, 15) is 4.39 Å². The highest BCUT2D eigenvalue weighted by Crippen LogP contribution is 2.17. The smallest absolute Gasteiger partial charge is 0.123 e. The molecule has 0 amide bonds. The lowest BCUT2D eigenvalue weighted by Gasteiger charge is -2.22. The number of unbranched alkanes of at least 4 members (excludes halogenated alkanes) is 1. The molecule has 1 atom stereocenters. The molecule has 1 unspecified atom stereocenters. The Bertz CT molecular complexity index is 337. The van der Waals surface area contributed by atoms with Crippen molar-refractivity contribution in [2.45, 2.75) is 39.2 Å². The number of rotatable bonds is 9. The van der Waals surface area contributed by atoms with E-state index < -0.39 is 0 Å².